The summed E-state index contributed by atoms with van der Waals surface area (Å²) in [5.41, 5.74) is 1.46. The molecule has 0 unspecified atom stereocenters. The number of nitrogens with zero attached hydrogens (tertiary/aromatic N) is 1. The van der Waals surface area contributed by atoms with Crippen LogP contribution in [0.2, 0.25) is 0 Å². The molecule has 2 aliphatic heterocycles. The zero-order valence-corrected chi connectivity index (χ0v) is 24.8. The number of amides is 1. The number of fused-ring (bicyclic) bond motifs is 8. The van der Waals surface area contributed by atoms with Crippen LogP contribution in [0.25, 0.3) is 0 Å². The van der Waals surface area contributed by atoms with Crippen LogP contribution in [0.5, 0.6) is 0 Å². The van der Waals surface area contributed by atoms with E-state index in [1.165, 1.54) is 17.7 Å². The zero-order valence-electron chi connectivity index (χ0n) is 24.8. The third-order valence-electron chi connectivity index (χ3n) is 13.4. The SMILES string of the molecule is CN1C[C@@H](c2ccc(F)cc2)[C@@]2(C[C@H]3[C@@H]4CC=C5C[C@@H](O)CC[C@]5(C)[C@H]4CC[C@]3(C)C2=O)[C@@]12C(=O)Nc1ccccc12. The molecule has 1 saturated heterocycles. The molecule has 4 fully saturated rings. The first-order valence-electron chi connectivity index (χ1n) is 15.9. The van der Waals surface area contributed by atoms with Crippen LogP contribution in [0, 0.1) is 39.8 Å². The molecule has 42 heavy (non-hydrogen) atoms. The Balaban J connectivity index is 1.32. The molecule has 5 nitrogen and oxygen atoms in total. The number of anilines is 1. The first kappa shape index (κ1) is 26.8. The van der Waals surface area contributed by atoms with Gasteiger partial charge in [-0.05, 0) is 98.9 Å². The number of allylic oxidation sites excluding steroid dienone is 1. The molecule has 2 aromatic carbocycles. The summed E-state index contributed by atoms with van der Waals surface area (Å²) in [5, 5.41) is 13.7. The largest absolute Gasteiger partial charge is 0.393 e. The number of aliphatic hydroxyl groups excluding tert-OH is 1. The van der Waals surface area contributed by atoms with Gasteiger partial charge < -0.3 is 10.4 Å². The summed E-state index contributed by atoms with van der Waals surface area (Å²) in [6.07, 6.45) is 8.14. The number of halogens is 1. The van der Waals surface area contributed by atoms with E-state index in [1.807, 2.05) is 43.4 Å². The van der Waals surface area contributed by atoms with Gasteiger partial charge in [0.25, 0.3) is 5.91 Å². The Hall–Kier alpha value is -2.83. The number of benzene rings is 2. The van der Waals surface area contributed by atoms with Crippen molar-refractivity contribution in [3.8, 4) is 0 Å². The lowest BCUT2D eigenvalue weighted by atomic mass is 9.48. The van der Waals surface area contributed by atoms with E-state index in [1.54, 1.807) is 0 Å². The molecule has 2 N–H and O–H groups in total. The van der Waals surface area contributed by atoms with Crippen LogP contribution in [0.3, 0.4) is 0 Å². The maximum Gasteiger partial charge on any atom is 0.250 e. The van der Waals surface area contributed by atoms with Gasteiger partial charge in [0.15, 0.2) is 0 Å². The number of carbonyl (C=O) groups excluding carboxylic acids is 2. The van der Waals surface area contributed by atoms with Crippen molar-refractivity contribution in [1.82, 2.24) is 4.90 Å². The quantitative estimate of drug-likeness (QED) is 0.403. The summed E-state index contributed by atoms with van der Waals surface area (Å²) in [6, 6.07) is 14.5. The number of carbonyl (C=O) groups is 2. The molecule has 3 saturated carbocycles. The summed E-state index contributed by atoms with van der Waals surface area (Å²) in [6.45, 7) is 5.16. The van der Waals surface area contributed by atoms with Crippen LogP contribution in [0.1, 0.15) is 75.8 Å². The van der Waals surface area contributed by atoms with Crippen LogP contribution >= 0.6 is 0 Å². The van der Waals surface area contributed by atoms with E-state index < -0.39 is 16.4 Å². The summed E-state index contributed by atoms with van der Waals surface area (Å²) in [5.74, 6) is 0.558. The Morgan fingerprint density at radius 2 is 1.71 bits per heavy atom. The van der Waals surface area contributed by atoms with Gasteiger partial charge in [-0.15, -0.1) is 0 Å². The predicted molar refractivity (Wildman–Crippen MR) is 159 cm³/mol. The second kappa shape index (κ2) is 8.63. The fourth-order valence-corrected chi connectivity index (χ4v) is 11.5. The third kappa shape index (κ3) is 3.01. The number of hydrogen-bond donors (Lipinski definition) is 2. The summed E-state index contributed by atoms with van der Waals surface area (Å²) < 4.78 is 14.2. The minimum Gasteiger partial charge on any atom is -0.393 e. The zero-order chi connectivity index (χ0) is 29.2. The molecule has 2 spiro atoms. The Morgan fingerprint density at radius 1 is 0.976 bits per heavy atom. The lowest BCUT2D eigenvalue weighted by Crippen LogP contribution is -2.58. The predicted octanol–water partition coefficient (Wildman–Crippen LogP) is 6.19. The van der Waals surface area contributed by atoms with Gasteiger partial charge in [0.05, 0.1) is 11.5 Å². The molecular weight excluding hydrogens is 527 g/mol. The highest BCUT2D eigenvalue weighted by atomic mass is 19.1. The highest BCUT2D eigenvalue weighted by molar-refractivity contribution is 6.12. The fourth-order valence-electron chi connectivity index (χ4n) is 11.5. The first-order valence-corrected chi connectivity index (χ1v) is 15.9. The van der Waals surface area contributed by atoms with E-state index >= 15 is 4.79 Å². The number of likely N-dealkylation sites (tertiary alicyclic amines) is 1. The van der Waals surface area contributed by atoms with Crippen molar-refractivity contribution >= 4 is 17.4 Å². The molecule has 9 atom stereocenters. The Labute approximate surface area is 247 Å². The van der Waals surface area contributed by atoms with E-state index in [0.717, 1.165) is 55.3 Å². The second-order valence-corrected chi connectivity index (χ2v) is 14.8. The van der Waals surface area contributed by atoms with Gasteiger partial charge in [0, 0.05) is 29.1 Å². The van der Waals surface area contributed by atoms with Crippen molar-refractivity contribution in [3.05, 3.63) is 77.1 Å². The topological polar surface area (TPSA) is 69.6 Å². The normalized spacial score (nSPS) is 44.0. The van der Waals surface area contributed by atoms with Crippen molar-refractivity contribution in [2.45, 2.75) is 76.4 Å². The molecule has 220 valence electrons. The van der Waals surface area contributed by atoms with Crippen LogP contribution in [0.4, 0.5) is 10.1 Å². The van der Waals surface area contributed by atoms with E-state index in [-0.39, 0.29) is 40.9 Å². The summed E-state index contributed by atoms with van der Waals surface area (Å²) >= 11 is 0. The molecule has 0 aromatic heterocycles. The molecular formula is C36H41FN2O3. The molecule has 4 aliphatic carbocycles. The average molecular weight is 569 g/mol. The molecule has 2 heterocycles. The van der Waals surface area contributed by atoms with Crippen LogP contribution in [0.15, 0.2) is 60.2 Å². The minimum absolute atomic E-state index is 0.0557. The van der Waals surface area contributed by atoms with Crippen molar-refractivity contribution in [2.24, 2.45) is 34.0 Å². The fraction of sp³-hybridized carbons (Fsp3) is 0.556. The lowest BCUT2D eigenvalue weighted by Gasteiger charge is -2.56. The number of hydrogen-bond acceptors (Lipinski definition) is 4. The van der Waals surface area contributed by atoms with E-state index in [2.05, 4.69) is 30.1 Å². The van der Waals surface area contributed by atoms with Crippen LogP contribution in [-0.4, -0.2) is 41.4 Å². The van der Waals surface area contributed by atoms with Gasteiger partial charge >= 0.3 is 0 Å². The van der Waals surface area contributed by atoms with Gasteiger partial charge in [0.2, 0.25) is 0 Å². The molecule has 2 aromatic rings. The number of likely N-dealkylation sites (N-methyl/N-ethyl adjacent to an activating group) is 1. The lowest BCUT2D eigenvalue weighted by molar-refractivity contribution is -0.148. The number of Topliss-reactive ketones (excluding diaryl/α,β-unsaturated/α-hetero) is 1. The van der Waals surface area contributed by atoms with Crippen molar-refractivity contribution in [3.63, 3.8) is 0 Å². The standard InChI is InChI=1S/C36H41FN2O3/c1-33-16-14-24(40)18-22(33)10-13-25-26(33)15-17-34(2)28(25)19-35(31(34)41)29(21-8-11-23(37)12-9-21)20-39(3)36(35)27-6-4-5-7-30(27)38-32(36)42/h4-12,24-26,28-29,40H,13-20H2,1-3H3,(H,38,42)/t24-,25+,26-,28-,29-,33-,34-,35+,36+/m0/s1. The Bertz CT molecular complexity index is 1540. The maximum atomic E-state index is 15.5. The molecule has 1 amide bonds. The number of aliphatic hydroxyl groups is 1. The third-order valence-corrected chi connectivity index (χ3v) is 13.4. The number of ketones is 1. The van der Waals surface area contributed by atoms with E-state index in [9.17, 15) is 14.3 Å². The molecule has 0 bridgehead atoms. The van der Waals surface area contributed by atoms with E-state index in [0.29, 0.717) is 24.8 Å². The second-order valence-electron chi connectivity index (χ2n) is 14.8. The van der Waals surface area contributed by atoms with Gasteiger partial charge in [-0.3, -0.25) is 14.5 Å². The monoisotopic (exact) mass is 568 g/mol. The van der Waals surface area contributed by atoms with Gasteiger partial charge in [-0.25, -0.2) is 4.39 Å². The van der Waals surface area contributed by atoms with Gasteiger partial charge in [-0.1, -0.05) is 55.8 Å². The van der Waals surface area contributed by atoms with Crippen molar-refractivity contribution in [2.75, 3.05) is 18.9 Å². The Kier molecular flexibility index (Phi) is 5.50. The summed E-state index contributed by atoms with van der Waals surface area (Å²) in [4.78, 5) is 32.2. The first-order chi connectivity index (χ1) is 20.1. The van der Waals surface area contributed by atoms with Crippen LogP contribution < -0.4 is 5.32 Å². The number of para-hydroxylation sites is 1. The minimum atomic E-state index is -1.12. The molecule has 8 rings (SSSR count). The smallest absolute Gasteiger partial charge is 0.250 e. The number of nitrogens with one attached hydrogen (secondary N) is 1. The number of rotatable bonds is 1. The highest BCUT2D eigenvalue weighted by Gasteiger charge is 2.80. The maximum absolute atomic E-state index is 15.5. The van der Waals surface area contributed by atoms with Gasteiger partial charge in [0.1, 0.15) is 17.1 Å². The Morgan fingerprint density at radius 3 is 2.50 bits per heavy atom. The highest BCUT2D eigenvalue weighted by Crippen LogP contribution is 2.75. The molecule has 6 heteroatoms. The van der Waals surface area contributed by atoms with Crippen LogP contribution in [-0.2, 0) is 15.1 Å². The average Bonchev–Trinajstić information content (AvgIpc) is 3.52. The van der Waals surface area contributed by atoms with Crippen molar-refractivity contribution < 1.29 is 19.1 Å². The van der Waals surface area contributed by atoms with E-state index in [4.69, 9.17) is 0 Å². The molecule has 0 radical (unpaired) electrons. The van der Waals surface area contributed by atoms with Crippen molar-refractivity contribution in [1.29, 1.82) is 0 Å². The van der Waals surface area contributed by atoms with Gasteiger partial charge in [-0.2, -0.15) is 0 Å². The summed E-state index contributed by atoms with van der Waals surface area (Å²) in [7, 11) is 2.00. The molecule has 6 aliphatic rings.